The van der Waals surface area contributed by atoms with Crippen LogP contribution in [0.4, 0.5) is 0 Å². The van der Waals surface area contributed by atoms with E-state index in [2.05, 4.69) is 5.32 Å². The number of piperidine rings is 1. The molecule has 0 aliphatic carbocycles. The molecule has 2 atom stereocenters. The quantitative estimate of drug-likeness (QED) is 0.606. The molecule has 1 heterocycles. The van der Waals surface area contributed by atoms with Crippen LogP contribution in [-0.4, -0.2) is 40.2 Å². The van der Waals surface area contributed by atoms with Crippen LogP contribution in [0.5, 0.6) is 0 Å². The zero-order valence-corrected chi connectivity index (χ0v) is 9.71. The van der Waals surface area contributed by atoms with Crippen LogP contribution in [0.1, 0.15) is 24.4 Å². The van der Waals surface area contributed by atoms with Gasteiger partial charge in [-0.15, -0.1) is 0 Å². The third-order valence-electron chi connectivity index (χ3n) is 3.42. The van der Waals surface area contributed by atoms with Gasteiger partial charge in [0.15, 0.2) is 0 Å². The fourth-order valence-corrected chi connectivity index (χ4v) is 2.47. The molecule has 0 bridgehead atoms. The molecule has 1 aliphatic heterocycles. The van der Waals surface area contributed by atoms with Crippen molar-refractivity contribution in [3.63, 3.8) is 0 Å². The van der Waals surface area contributed by atoms with E-state index in [4.69, 9.17) is 0 Å². The summed E-state index contributed by atoms with van der Waals surface area (Å²) in [5.74, 6) is 0. The van der Waals surface area contributed by atoms with Gasteiger partial charge < -0.3 is 20.6 Å². The second-order valence-corrected chi connectivity index (χ2v) is 4.80. The van der Waals surface area contributed by atoms with E-state index < -0.39 is 11.6 Å². The van der Waals surface area contributed by atoms with Crippen molar-refractivity contribution in [2.45, 2.75) is 30.5 Å². The number of hydrogen-bond donors (Lipinski definition) is 4. The van der Waals surface area contributed by atoms with Gasteiger partial charge in [-0.3, -0.25) is 0 Å². The predicted octanol–water partition coefficient (Wildman–Crippen LogP) is 0.195. The van der Waals surface area contributed by atoms with E-state index >= 15 is 0 Å². The first-order valence-electron chi connectivity index (χ1n) is 5.91. The van der Waals surface area contributed by atoms with Gasteiger partial charge in [0.1, 0.15) is 0 Å². The Labute approximate surface area is 101 Å². The van der Waals surface area contributed by atoms with Gasteiger partial charge in [0.2, 0.25) is 0 Å². The summed E-state index contributed by atoms with van der Waals surface area (Å²) in [5, 5.41) is 31.9. The van der Waals surface area contributed by atoms with Gasteiger partial charge in [-0.1, -0.05) is 30.3 Å². The average Bonchev–Trinajstić information content (AvgIpc) is 2.39. The summed E-state index contributed by atoms with van der Waals surface area (Å²) in [4.78, 5) is 0. The molecule has 0 amide bonds. The molecule has 94 valence electrons. The Bertz CT molecular complexity index is 351. The molecular formula is C13H19NO3. The molecule has 1 fully saturated rings. The largest absolute Gasteiger partial charge is 0.394 e. The Balaban J connectivity index is 2.19. The molecule has 1 aromatic carbocycles. The normalized spacial score (nSPS) is 27.9. The molecule has 4 N–H and O–H groups in total. The summed E-state index contributed by atoms with van der Waals surface area (Å²) in [6, 6.07) is 9.76. The smallest absolute Gasteiger partial charge is 0.0677 e. The molecule has 0 saturated carbocycles. The number of benzene rings is 1. The number of aliphatic hydroxyl groups excluding tert-OH is 3. The topological polar surface area (TPSA) is 72.7 Å². The maximum atomic E-state index is 9.88. The molecule has 0 aromatic heterocycles. The Morgan fingerprint density at radius 2 is 1.82 bits per heavy atom. The van der Waals surface area contributed by atoms with Crippen molar-refractivity contribution in [2.24, 2.45) is 0 Å². The molecule has 4 nitrogen and oxygen atoms in total. The summed E-state index contributed by atoms with van der Waals surface area (Å²) in [7, 11) is 0. The van der Waals surface area contributed by atoms with E-state index in [-0.39, 0.29) is 19.3 Å². The van der Waals surface area contributed by atoms with Crippen LogP contribution in [0.3, 0.4) is 0 Å². The molecule has 1 aromatic rings. The second kappa shape index (κ2) is 5.14. The van der Waals surface area contributed by atoms with Gasteiger partial charge in [-0.25, -0.2) is 0 Å². The Kier molecular flexibility index (Phi) is 3.79. The van der Waals surface area contributed by atoms with Crippen molar-refractivity contribution in [1.82, 2.24) is 5.32 Å². The minimum atomic E-state index is -0.780. The number of nitrogens with one attached hydrogen (secondary N) is 1. The first-order valence-corrected chi connectivity index (χ1v) is 5.91. The molecule has 0 radical (unpaired) electrons. The van der Waals surface area contributed by atoms with Crippen molar-refractivity contribution >= 4 is 0 Å². The molecule has 1 saturated heterocycles. The molecule has 0 unspecified atom stereocenters. The van der Waals surface area contributed by atoms with Gasteiger partial charge in [0.25, 0.3) is 0 Å². The lowest BCUT2D eigenvalue weighted by atomic mass is 9.83. The lowest BCUT2D eigenvalue weighted by Gasteiger charge is -2.42. The molecular weight excluding hydrogens is 218 g/mol. The molecule has 17 heavy (non-hydrogen) atoms. The lowest BCUT2D eigenvalue weighted by molar-refractivity contribution is -0.00597. The summed E-state index contributed by atoms with van der Waals surface area (Å²) < 4.78 is 0. The van der Waals surface area contributed by atoms with E-state index in [0.717, 1.165) is 5.56 Å². The third kappa shape index (κ3) is 2.66. The summed E-state index contributed by atoms with van der Waals surface area (Å²) in [6.07, 6.45) is 0.482. The van der Waals surface area contributed by atoms with Crippen molar-refractivity contribution in [3.8, 4) is 0 Å². The Morgan fingerprint density at radius 3 is 2.41 bits per heavy atom. The van der Waals surface area contributed by atoms with Crippen LogP contribution in [0.2, 0.25) is 0 Å². The maximum Gasteiger partial charge on any atom is 0.0677 e. The zero-order valence-electron chi connectivity index (χ0n) is 9.71. The van der Waals surface area contributed by atoms with Crippen LogP contribution in [0.15, 0.2) is 30.3 Å². The second-order valence-electron chi connectivity index (χ2n) is 4.80. The lowest BCUT2D eigenvalue weighted by Crippen LogP contribution is -2.58. The number of rotatable bonds is 3. The summed E-state index contributed by atoms with van der Waals surface area (Å²) in [6.45, 7) is -0.353. The van der Waals surface area contributed by atoms with E-state index in [1.54, 1.807) is 0 Å². The van der Waals surface area contributed by atoms with Crippen molar-refractivity contribution < 1.29 is 15.3 Å². The highest BCUT2D eigenvalue weighted by atomic mass is 16.3. The number of aliphatic hydroxyl groups is 3. The SMILES string of the molecule is OCC1(CO)C[C@@H](O)C[C@@H](c2ccccc2)N1. The minimum absolute atomic E-state index is 0.0285. The van der Waals surface area contributed by atoms with Crippen LogP contribution in [-0.2, 0) is 0 Å². The van der Waals surface area contributed by atoms with Crippen molar-refractivity contribution in [3.05, 3.63) is 35.9 Å². The third-order valence-corrected chi connectivity index (χ3v) is 3.42. The van der Waals surface area contributed by atoms with Gasteiger partial charge in [0, 0.05) is 6.04 Å². The molecule has 0 spiro atoms. The molecule has 1 aliphatic rings. The van der Waals surface area contributed by atoms with Gasteiger partial charge in [-0.05, 0) is 18.4 Å². The molecule has 2 rings (SSSR count). The van der Waals surface area contributed by atoms with Crippen LogP contribution in [0, 0.1) is 0 Å². The van der Waals surface area contributed by atoms with Crippen LogP contribution < -0.4 is 5.32 Å². The maximum absolute atomic E-state index is 9.88. The van der Waals surface area contributed by atoms with Gasteiger partial charge >= 0.3 is 0 Å². The minimum Gasteiger partial charge on any atom is -0.394 e. The van der Waals surface area contributed by atoms with E-state index in [1.165, 1.54) is 0 Å². The highest BCUT2D eigenvalue weighted by molar-refractivity contribution is 5.21. The van der Waals surface area contributed by atoms with Gasteiger partial charge in [-0.2, -0.15) is 0 Å². The average molecular weight is 237 g/mol. The van der Waals surface area contributed by atoms with Crippen molar-refractivity contribution in [2.75, 3.05) is 13.2 Å². The predicted molar refractivity (Wildman–Crippen MR) is 64.5 cm³/mol. The summed E-state index contributed by atoms with van der Waals surface area (Å²) >= 11 is 0. The Morgan fingerprint density at radius 1 is 1.18 bits per heavy atom. The highest BCUT2D eigenvalue weighted by Crippen LogP contribution is 2.30. The van der Waals surface area contributed by atoms with E-state index in [9.17, 15) is 15.3 Å². The van der Waals surface area contributed by atoms with E-state index in [0.29, 0.717) is 12.8 Å². The zero-order chi connectivity index (χ0) is 12.3. The fourth-order valence-electron chi connectivity index (χ4n) is 2.47. The standard InChI is InChI=1S/C13H19NO3/c15-8-13(9-16)7-11(17)6-12(14-13)10-4-2-1-3-5-10/h1-5,11-12,14-17H,6-9H2/t11-,12-/m0/s1. The monoisotopic (exact) mass is 237 g/mol. The Hall–Kier alpha value is -0.940. The fraction of sp³-hybridized carbons (Fsp3) is 0.538. The molecule has 4 heteroatoms. The first-order chi connectivity index (χ1) is 8.19. The number of hydrogen-bond acceptors (Lipinski definition) is 4. The van der Waals surface area contributed by atoms with Gasteiger partial charge in [0.05, 0.1) is 24.9 Å². The van der Waals surface area contributed by atoms with Crippen molar-refractivity contribution in [1.29, 1.82) is 0 Å². The first kappa shape index (κ1) is 12.5. The van der Waals surface area contributed by atoms with Crippen LogP contribution in [0.25, 0.3) is 0 Å². The highest BCUT2D eigenvalue weighted by Gasteiger charge is 2.39. The van der Waals surface area contributed by atoms with Crippen LogP contribution >= 0.6 is 0 Å². The van der Waals surface area contributed by atoms with E-state index in [1.807, 2.05) is 30.3 Å². The summed E-state index contributed by atoms with van der Waals surface area (Å²) in [5.41, 5.74) is 0.288.